The van der Waals surface area contributed by atoms with Crippen molar-refractivity contribution in [3.8, 4) is 0 Å². The lowest BCUT2D eigenvalue weighted by Gasteiger charge is -2.31. The topological polar surface area (TPSA) is 59.4 Å². The average molecular weight is 329 g/mol. The minimum absolute atomic E-state index is 0.196. The Morgan fingerprint density at radius 1 is 1.41 bits per heavy atom. The Hall–Kier alpha value is -1.27. The lowest BCUT2D eigenvalue weighted by Crippen LogP contribution is -2.45. The van der Waals surface area contributed by atoms with Crippen molar-refractivity contribution in [3.63, 3.8) is 0 Å². The predicted octanol–water partition coefficient (Wildman–Crippen LogP) is 2.36. The smallest absolute Gasteiger partial charge is 0.409 e. The maximum atomic E-state index is 11.6. The highest BCUT2D eigenvalue weighted by atomic mass is 35.5. The molecular weight excluding hydrogens is 304 g/mol. The van der Waals surface area contributed by atoms with Gasteiger partial charge in [0.05, 0.1) is 29.6 Å². The molecule has 1 aliphatic rings. The second kappa shape index (κ2) is 7.83. The Balaban J connectivity index is 1.71. The zero-order valence-corrected chi connectivity index (χ0v) is 14.3. The summed E-state index contributed by atoms with van der Waals surface area (Å²) in [5.41, 5.74) is 1.89. The summed E-state index contributed by atoms with van der Waals surface area (Å²) in [6.07, 6.45) is 1.71. The largest absolute Gasteiger partial charge is 0.450 e. The van der Waals surface area contributed by atoms with Crippen LogP contribution in [0.5, 0.6) is 0 Å². The van der Waals surface area contributed by atoms with E-state index in [0.29, 0.717) is 12.6 Å². The summed E-state index contributed by atoms with van der Waals surface area (Å²) in [6, 6.07) is 0.443. The third-order valence-corrected chi connectivity index (χ3v) is 4.62. The van der Waals surface area contributed by atoms with Gasteiger partial charge < -0.3 is 15.0 Å². The normalized spacial score (nSPS) is 16.1. The summed E-state index contributed by atoms with van der Waals surface area (Å²) in [5, 5.41) is 8.71. The number of likely N-dealkylation sites (tertiary alicyclic amines) is 1. The number of ether oxygens (including phenoxy) is 1. The zero-order valence-electron chi connectivity index (χ0n) is 13.6. The van der Waals surface area contributed by atoms with E-state index in [-0.39, 0.29) is 6.09 Å². The Bertz CT molecular complexity index is 510. The van der Waals surface area contributed by atoms with Crippen LogP contribution >= 0.6 is 11.6 Å². The van der Waals surface area contributed by atoms with E-state index in [1.807, 2.05) is 25.5 Å². The molecule has 124 valence electrons. The highest BCUT2D eigenvalue weighted by molar-refractivity contribution is 6.31. The SMILES string of the molecule is CCOC(=O)N1CCC(NCCn2nc(C)c(Cl)c2C)CC1. The highest BCUT2D eigenvalue weighted by Crippen LogP contribution is 2.18. The van der Waals surface area contributed by atoms with Crippen LogP contribution < -0.4 is 5.32 Å². The molecule has 1 aromatic heterocycles. The fraction of sp³-hybridized carbons (Fsp3) is 0.733. The molecule has 0 unspecified atom stereocenters. The molecule has 0 radical (unpaired) electrons. The monoisotopic (exact) mass is 328 g/mol. The van der Waals surface area contributed by atoms with Crippen LogP contribution in [0.25, 0.3) is 0 Å². The van der Waals surface area contributed by atoms with Gasteiger partial charge in [-0.1, -0.05) is 11.6 Å². The van der Waals surface area contributed by atoms with E-state index < -0.39 is 0 Å². The van der Waals surface area contributed by atoms with Gasteiger partial charge in [0.25, 0.3) is 0 Å². The molecule has 7 heteroatoms. The third kappa shape index (κ3) is 4.14. The molecule has 0 aromatic carbocycles. The molecule has 1 fully saturated rings. The lowest BCUT2D eigenvalue weighted by atomic mass is 10.1. The maximum absolute atomic E-state index is 11.6. The van der Waals surface area contributed by atoms with Crippen molar-refractivity contribution in [2.45, 2.75) is 46.2 Å². The number of carbonyl (C=O) groups excluding carboxylic acids is 1. The van der Waals surface area contributed by atoms with E-state index in [1.54, 1.807) is 4.90 Å². The number of halogens is 1. The summed E-state index contributed by atoms with van der Waals surface area (Å²) in [5.74, 6) is 0. The standard InChI is InChI=1S/C15H25ClN4O2/c1-4-22-15(21)19-8-5-13(6-9-19)17-7-10-20-12(3)14(16)11(2)18-20/h13,17H,4-10H2,1-3H3. The van der Waals surface area contributed by atoms with E-state index in [2.05, 4.69) is 10.4 Å². The first-order valence-corrected chi connectivity index (χ1v) is 8.25. The van der Waals surface area contributed by atoms with E-state index in [9.17, 15) is 4.79 Å². The van der Waals surface area contributed by atoms with Crippen molar-refractivity contribution < 1.29 is 9.53 Å². The van der Waals surface area contributed by atoms with Gasteiger partial charge in [-0.05, 0) is 33.6 Å². The predicted molar refractivity (Wildman–Crippen MR) is 86.3 cm³/mol. The van der Waals surface area contributed by atoms with Gasteiger partial charge in [-0.3, -0.25) is 4.68 Å². The number of hydrogen-bond donors (Lipinski definition) is 1. The molecular formula is C15H25ClN4O2. The number of piperidine rings is 1. The molecule has 1 N–H and O–H groups in total. The van der Waals surface area contributed by atoms with Crippen molar-refractivity contribution in [2.75, 3.05) is 26.2 Å². The van der Waals surface area contributed by atoms with Crippen LogP contribution in [0.1, 0.15) is 31.2 Å². The van der Waals surface area contributed by atoms with E-state index in [1.165, 1.54) is 0 Å². The fourth-order valence-electron chi connectivity index (χ4n) is 2.75. The first kappa shape index (κ1) is 17.1. The van der Waals surface area contributed by atoms with Crippen LogP contribution in [0.3, 0.4) is 0 Å². The molecule has 22 heavy (non-hydrogen) atoms. The Labute approximate surface area is 136 Å². The Morgan fingerprint density at radius 3 is 2.64 bits per heavy atom. The van der Waals surface area contributed by atoms with Gasteiger partial charge in [0.1, 0.15) is 0 Å². The molecule has 2 heterocycles. The molecule has 1 aromatic rings. The van der Waals surface area contributed by atoms with Crippen LogP contribution in [0.2, 0.25) is 5.02 Å². The molecule has 0 spiro atoms. The summed E-state index contributed by atoms with van der Waals surface area (Å²) in [7, 11) is 0. The second-order valence-electron chi connectivity index (χ2n) is 5.62. The first-order valence-electron chi connectivity index (χ1n) is 7.87. The second-order valence-corrected chi connectivity index (χ2v) is 6.00. The van der Waals surface area contributed by atoms with Gasteiger partial charge in [0, 0.05) is 25.7 Å². The van der Waals surface area contributed by atoms with Crippen molar-refractivity contribution in [3.05, 3.63) is 16.4 Å². The summed E-state index contributed by atoms with van der Waals surface area (Å²) in [6.45, 7) is 9.33. The van der Waals surface area contributed by atoms with Crippen molar-refractivity contribution >= 4 is 17.7 Å². The van der Waals surface area contributed by atoms with Gasteiger partial charge in [-0.15, -0.1) is 0 Å². The summed E-state index contributed by atoms with van der Waals surface area (Å²) in [4.78, 5) is 13.4. The molecule has 0 saturated carbocycles. The molecule has 0 atom stereocenters. The van der Waals surface area contributed by atoms with E-state index in [4.69, 9.17) is 16.3 Å². The maximum Gasteiger partial charge on any atom is 0.409 e. The van der Waals surface area contributed by atoms with Gasteiger partial charge in [-0.25, -0.2) is 4.79 Å². The Morgan fingerprint density at radius 2 is 2.09 bits per heavy atom. The van der Waals surface area contributed by atoms with E-state index >= 15 is 0 Å². The number of nitrogens with one attached hydrogen (secondary N) is 1. The van der Waals surface area contributed by atoms with Gasteiger partial charge in [-0.2, -0.15) is 5.10 Å². The number of nitrogens with zero attached hydrogens (tertiary/aromatic N) is 3. The Kier molecular flexibility index (Phi) is 6.08. The van der Waals surface area contributed by atoms with Crippen LogP contribution in [-0.2, 0) is 11.3 Å². The molecule has 2 rings (SSSR count). The van der Waals surface area contributed by atoms with Crippen molar-refractivity contribution in [1.29, 1.82) is 0 Å². The molecule has 6 nitrogen and oxygen atoms in total. The average Bonchev–Trinajstić information content (AvgIpc) is 2.75. The molecule has 0 bridgehead atoms. The number of aromatic nitrogens is 2. The number of rotatable bonds is 5. The van der Waals surface area contributed by atoms with Crippen LogP contribution in [-0.4, -0.2) is 53.1 Å². The molecule has 0 aliphatic carbocycles. The fourth-order valence-corrected chi connectivity index (χ4v) is 2.88. The van der Waals surface area contributed by atoms with Crippen LogP contribution in [0, 0.1) is 13.8 Å². The number of carbonyl (C=O) groups is 1. The van der Waals surface area contributed by atoms with Gasteiger partial charge in [0.2, 0.25) is 0 Å². The summed E-state index contributed by atoms with van der Waals surface area (Å²) < 4.78 is 6.97. The van der Waals surface area contributed by atoms with Gasteiger partial charge in [0.15, 0.2) is 0 Å². The van der Waals surface area contributed by atoms with Crippen molar-refractivity contribution in [2.24, 2.45) is 0 Å². The number of hydrogen-bond acceptors (Lipinski definition) is 4. The zero-order chi connectivity index (χ0) is 16.1. The third-order valence-electron chi connectivity index (χ3n) is 4.07. The first-order chi connectivity index (χ1) is 10.5. The summed E-state index contributed by atoms with van der Waals surface area (Å²) >= 11 is 6.14. The molecule has 1 aliphatic heterocycles. The quantitative estimate of drug-likeness (QED) is 0.901. The molecule has 1 amide bonds. The highest BCUT2D eigenvalue weighted by Gasteiger charge is 2.23. The lowest BCUT2D eigenvalue weighted by molar-refractivity contribution is 0.0950. The number of aryl methyl sites for hydroxylation is 1. The van der Waals surface area contributed by atoms with Gasteiger partial charge >= 0.3 is 6.09 Å². The number of amides is 1. The van der Waals surface area contributed by atoms with E-state index in [0.717, 1.165) is 55.4 Å². The van der Waals surface area contributed by atoms with Crippen LogP contribution in [0.15, 0.2) is 0 Å². The minimum atomic E-state index is -0.196. The molecule has 1 saturated heterocycles. The van der Waals surface area contributed by atoms with Crippen molar-refractivity contribution in [1.82, 2.24) is 20.0 Å². The van der Waals surface area contributed by atoms with Crippen LogP contribution in [0.4, 0.5) is 4.79 Å². The minimum Gasteiger partial charge on any atom is -0.450 e.